The number of hydrogen-bond donors (Lipinski definition) is 0. The molecule has 0 nitrogen and oxygen atoms in total. The summed E-state index contributed by atoms with van der Waals surface area (Å²) in [5.74, 6) is 0. The summed E-state index contributed by atoms with van der Waals surface area (Å²) in [5, 5.41) is 0. The van der Waals surface area contributed by atoms with Crippen LogP contribution in [0.4, 0.5) is 0 Å². The van der Waals surface area contributed by atoms with E-state index in [1.54, 1.807) is 0 Å². The van der Waals surface area contributed by atoms with Gasteiger partial charge in [0.15, 0.2) is 0 Å². The SMILES string of the molecule is CC/C=C(/C=C/C=C/[Si](C)(C)Cc1ccccc1)CC. The Kier molecular flexibility index (Phi) is 7.31. The van der Waals surface area contributed by atoms with Gasteiger partial charge in [-0.25, -0.2) is 0 Å². The molecule has 0 fully saturated rings. The summed E-state index contributed by atoms with van der Waals surface area (Å²) >= 11 is 0. The highest BCUT2D eigenvalue weighted by molar-refractivity contribution is 6.81. The highest BCUT2D eigenvalue weighted by atomic mass is 28.3. The molecule has 0 radical (unpaired) electrons. The predicted octanol–water partition coefficient (Wildman–Crippen LogP) is 5.87. The Balaban J connectivity index is 2.59. The largest absolute Gasteiger partial charge is 0.0944 e. The molecule has 0 bridgehead atoms. The summed E-state index contributed by atoms with van der Waals surface area (Å²) < 4.78 is 0. The molecule has 0 atom stereocenters. The number of rotatable bonds is 7. The third-order valence-electron chi connectivity index (χ3n) is 3.35. The Bertz CT molecular complexity index is 464. The van der Waals surface area contributed by atoms with E-state index in [1.807, 2.05) is 0 Å². The third kappa shape index (κ3) is 6.72. The lowest BCUT2D eigenvalue weighted by Crippen LogP contribution is -2.26. The monoisotopic (exact) mass is 284 g/mol. The number of allylic oxidation sites excluding steroid dienone is 5. The van der Waals surface area contributed by atoms with Crippen LogP contribution in [0.5, 0.6) is 0 Å². The summed E-state index contributed by atoms with van der Waals surface area (Å²) in [6, 6.07) is 12.0. The standard InChI is InChI=1S/C19H28Si/c1-5-12-18(6-2)13-10-11-16-20(3,4)17-19-14-8-7-9-15-19/h7-16H,5-6,17H2,1-4H3/b13-10+,16-11+,18-12+. The van der Waals surface area contributed by atoms with Gasteiger partial charge in [-0.05, 0) is 18.9 Å². The Morgan fingerprint density at radius 1 is 1.05 bits per heavy atom. The van der Waals surface area contributed by atoms with Gasteiger partial charge in [0, 0.05) is 0 Å². The summed E-state index contributed by atoms with van der Waals surface area (Å²) in [6.07, 6.45) is 11.2. The molecule has 0 aliphatic rings. The second-order valence-electron chi connectivity index (χ2n) is 5.91. The molecule has 108 valence electrons. The van der Waals surface area contributed by atoms with Crippen molar-refractivity contribution in [3.05, 3.63) is 71.5 Å². The maximum absolute atomic E-state index is 2.44. The van der Waals surface area contributed by atoms with Crippen LogP contribution in [0.3, 0.4) is 0 Å². The molecule has 1 aromatic carbocycles. The lowest BCUT2D eigenvalue weighted by molar-refractivity contribution is 1.10. The molecule has 0 saturated heterocycles. The van der Waals surface area contributed by atoms with E-state index in [0.717, 1.165) is 12.8 Å². The minimum absolute atomic E-state index is 1.11. The maximum Gasteiger partial charge on any atom is 0.0760 e. The van der Waals surface area contributed by atoms with E-state index in [1.165, 1.54) is 17.2 Å². The second kappa shape index (κ2) is 8.75. The van der Waals surface area contributed by atoms with Crippen molar-refractivity contribution in [3.8, 4) is 0 Å². The van der Waals surface area contributed by atoms with Crippen molar-refractivity contribution in [2.45, 2.75) is 45.8 Å². The van der Waals surface area contributed by atoms with E-state index < -0.39 is 8.07 Å². The highest BCUT2D eigenvalue weighted by Gasteiger charge is 2.16. The van der Waals surface area contributed by atoms with E-state index in [0.29, 0.717) is 0 Å². The molecular formula is C19H28Si. The van der Waals surface area contributed by atoms with Crippen molar-refractivity contribution >= 4 is 8.07 Å². The van der Waals surface area contributed by atoms with Crippen LogP contribution in [0.15, 0.2) is 65.9 Å². The average Bonchev–Trinajstić information content (AvgIpc) is 2.43. The van der Waals surface area contributed by atoms with Crippen LogP contribution in [0.25, 0.3) is 0 Å². The maximum atomic E-state index is 2.44. The van der Waals surface area contributed by atoms with Crippen LogP contribution >= 0.6 is 0 Å². The van der Waals surface area contributed by atoms with Crippen molar-refractivity contribution in [3.63, 3.8) is 0 Å². The summed E-state index contributed by atoms with van der Waals surface area (Å²) in [5.41, 5.74) is 5.33. The fraction of sp³-hybridized carbons (Fsp3) is 0.368. The fourth-order valence-corrected chi connectivity index (χ4v) is 4.31. The molecule has 0 aliphatic carbocycles. The van der Waals surface area contributed by atoms with E-state index >= 15 is 0 Å². The molecule has 20 heavy (non-hydrogen) atoms. The van der Waals surface area contributed by atoms with Gasteiger partial charge < -0.3 is 0 Å². The summed E-state index contributed by atoms with van der Waals surface area (Å²) in [4.78, 5) is 0. The van der Waals surface area contributed by atoms with E-state index in [2.05, 4.69) is 87.3 Å². The molecule has 1 rings (SSSR count). The number of hydrogen-bond acceptors (Lipinski definition) is 0. The molecule has 0 saturated carbocycles. The predicted molar refractivity (Wildman–Crippen MR) is 94.6 cm³/mol. The zero-order valence-electron chi connectivity index (χ0n) is 13.4. The van der Waals surface area contributed by atoms with Crippen LogP contribution in [0, 0.1) is 0 Å². The van der Waals surface area contributed by atoms with Crippen molar-refractivity contribution in [2.75, 3.05) is 0 Å². The molecule has 0 spiro atoms. The van der Waals surface area contributed by atoms with Crippen molar-refractivity contribution < 1.29 is 0 Å². The van der Waals surface area contributed by atoms with Gasteiger partial charge in [-0.3, -0.25) is 0 Å². The zero-order valence-corrected chi connectivity index (χ0v) is 14.4. The molecular weight excluding hydrogens is 256 g/mol. The minimum atomic E-state index is -1.30. The molecule has 0 aromatic heterocycles. The van der Waals surface area contributed by atoms with Crippen molar-refractivity contribution in [1.29, 1.82) is 0 Å². The van der Waals surface area contributed by atoms with Crippen LogP contribution in [0.2, 0.25) is 13.1 Å². The van der Waals surface area contributed by atoms with Crippen LogP contribution in [0.1, 0.15) is 32.3 Å². The zero-order chi connectivity index (χ0) is 14.8. The quantitative estimate of drug-likeness (QED) is 0.433. The second-order valence-corrected chi connectivity index (χ2v) is 10.6. The lowest BCUT2D eigenvalue weighted by atomic mass is 10.1. The Hall–Kier alpha value is -1.34. The van der Waals surface area contributed by atoms with E-state index in [-0.39, 0.29) is 0 Å². The van der Waals surface area contributed by atoms with Gasteiger partial charge in [-0.1, -0.05) is 98.4 Å². The molecule has 0 amide bonds. The smallest absolute Gasteiger partial charge is 0.0760 e. The third-order valence-corrected chi connectivity index (χ3v) is 5.76. The first kappa shape index (κ1) is 16.7. The Morgan fingerprint density at radius 3 is 2.35 bits per heavy atom. The Morgan fingerprint density at radius 2 is 1.75 bits per heavy atom. The first-order valence-electron chi connectivity index (χ1n) is 7.66. The molecule has 0 N–H and O–H groups in total. The van der Waals surface area contributed by atoms with Gasteiger partial charge in [-0.15, -0.1) is 0 Å². The first-order chi connectivity index (χ1) is 9.57. The molecule has 0 heterocycles. The molecule has 1 aromatic rings. The summed E-state index contributed by atoms with van der Waals surface area (Å²) in [7, 11) is -1.30. The van der Waals surface area contributed by atoms with Crippen LogP contribution in [-0.2, 0) is 6.04 Å². The summed E-state index contributed by atoms with van der Waals surface area (Å²) in [6.45, 7) is 9.25. The van der Waals surface area contributed by atoms with Crippen molar-refractivity contribution in [1.82, 2.24) is 0 Å². The highest BCUT2D eigenvalue weighted by Crippen LogP contribution is 2.13. The molecule has 1 heteroatoms. The normalized spacial score (nSPS) is 13.5. The van der Waals surface area contributed by atoms with Crippen molar-refractivity contribution in [2.24, 2.45) is 0 Å². The molecule has 0 aliphatic heterocycles. The van der Waals surface area contributed by atoms with Gasteiger partial charge in [0.05, 0.1) is 8.07 Å². The first-order valence-corrected chi connectivity index (χ1v) is 10.9. The van der Waals surface area contributed by atoms with Gasteiger partial charge in [0.25, 0.3) is 0 Å². The van der Waals surface area contributed by atoms with Gasteiger partial charge in [-0.2, -0.15) is 0 Å². The van der Waals surface area contributed by atoms with E-state index in [9.17, 15) is 0 Å². The average molecular weight is 285 g/mol. The minimum Gasteiger partial charge on any atom is -0.0944 e. The number of benzene rings is 1. The van der Waals surface area contributed by atoms with Gasteiger partial charge >= 0.3 is 0 Å². The van der Waals surface area contributed by atoms with E-state index in [4.69, 9.17) is 0 Å². The van der Waals surface area contributed by atoms with Gasteiger partial charge in [0.1, 0.15) is 0 Å². The topological polar surface area (TPSA) is 0 Å². The fourth-order valence-electron chi connectivity index (χ4n) is 2.27. The lowest BCUT2D eigenvalue weighted by Gasteiger charge is -2.17. The molecule has 0 unspecified atom stereocenters. The van der Waals surface area contributed by atoms with Gasteiger partial charge in [0.2, 0.25) is 0 Å². The van der Waals surface area contributed by atoms with Crippen LogP contribution < -0.4 is 0 Å². The Labute approximate surface area is 125 Å². The van der Waals surface area contributed by atoms with Crippen LogP contribution in [-0.4, -0.2) is 8.07 Å².